The fourth-order valence-corrected chi connectivity index (χ4v) is 3.58. The third-order valence-corrected chi connectivity index (χ3v) is 5.21. The molecule has 1 saturated heterocycles. The van der Waals surface area contributed by atoms with E-state index in [-0.39, 0.29) is 0 Å². The molecule has 2 heterocycles. The first-order valence-corrected chi connectivity index (χ1v) is 9.34. The van der Waals surface area contributed by atoms with Gasteiger partial charge in [-0.15, -0.1) is 10.2 Å². The minimum atomic E-state index is -0.645. The van der Waals surface area contributed by atoms with Crippen LogP contribution in [0.25, 0.3) is 0 Å². The number of hydrogen-bond donors (Lipinski definition) is 1. The molecule has 0 bridgehead atoms. The van der Waals surface area contributed by atoms with E-state index in [4.69, 9.17) is 10.2 Å². The van der Waals surface area contributed by atoms with Crippen LogP contribution in [0.4, 0.5) is 0 Å². The molecular weight excluding hydrogens is 312 g/mol. The fraction of sp³-hybridized carbons (Fsp3) is 0.600. The summed E-state index contributed by atoms with van der Waals surface area (Å²) >= 11 is 0. The van der Waals surface area contributed by atoms with E-state index in [0.717, 1.165) is 25.4 Å². The highest BCUT2D eigenvalue weighted by Crippen LogP contribution is 2.25. The van der Waals surface area contributed by atoms with Crippen LogP contribution in [0.2, 0.25) is 0 Å². The van der Waals surface area contributed by atoms with Crippen LogP contribution in [0.3, 0.4) is 0 Å². The van der Waals surface area contributed by atoms with Gasteiger partial charge in [-0.2, -0.15) is 0 Å². The quantitative estimate of drug-likeness (QED) is 0.873. The van der Waals surface area contributed by atoms with Crippen molar-refractivity contribution in [1.29, 1.82) is 0 Å². The van der Waals surface area contributed by atoms with Crippen molar-refractivity contribution in [2.24, 2.45) is 11.7 Å². The van der Waals surface area contributed by atoms with E-state index in [0.29, 0.717) is 24.3 Å². The molecule has 0 saturated carbocycles. The Balaban J connectivity index is 1.58. The number of likely N-dealkylation sites (tertiary alicyclic amines) is 1. The number of nitrogens with two attached hydrogens (primary N) is 1. The molecule has 1 aromatic heterocycles. The summed E-state index contributed by atoms with van der Waals surface area (Å²) in [6, 6.07) is 10.8. The number of benzene rings is 1. The SMILES string of the molecule is CC(C)N1CCC(Cc2nnc([C@](C)(N)Cc3ccccc3)o2)CC1. The zero-order chi connectivity index (χ0) is 17.9. The van der Waals surface area contributed by atoms with Crippen LogP contribution in [-0.4, -0.2) is 34.2 Å². The van der Waals surface area contributed by atoms with E-state index in [9.17, 15) is 0 Å². The molecule has 0 unspecified atom stereocenters. The Hall–Kier alpha value is -1.72. The molecule has 1 fully saturated rings. The first kappa shape index (κ1) is 18.1. The average molecular weight is 342 g/mol. The van der Waals surface area contributed by atoms with Gasteiger partial charge >= 0.3 is 0 Å². The number of nitrogens with zero attached hydrogens (tertiary/aromatic N) is 3. The van der Waals surface area contributed by atoms with Crippen LogP contribution >= 0.6 is 0 Å². The topological polar surface area (TPSA) is 68.2 Å². The number of aromatic nitrogens is 2. The van der Waals surface area contributed by atoms with Gasteiger partial charge in [-0.3, -0.25) is 0 Å². The Bertz CT molecular complexity index is 657. The van der Waals surface area contributed by atoms with Crippen molar-refractivity contribution in [3.8, 4) is 0 Å². The fourth-order valence-electron chi connectivity index (χ4n) is 3.58. The number of hydrogen-bond acceptors (Lipinski definition) is 5. The second kappa shape index (κ2) is 7.67. The van der Waals surface area contributed by atoms with Crippen LogP contribution in [-0.2, 0) is 18.4 Å². The Morgan fingerprint density at radius 1 is 1.20 bits per heavy atom. The van der Waals surface area contributed by atoms with Crippen LogP contribution < -0.4 is 5.73 Å². The molecular formula is C20H30N4O. The molecule has 25 heavy (non-hydrogen) atoms. The standard InChI is InChI=1S/C20H30N4O/c1-15(2)24-11-9-16(10-12-24)13-18-22-23-19(25-18)20(3,21)14-17-7-5-4-6-8-17/h4-8,15-16H,9-14,21H2,1-3H3/t20-/m1/s1. The first-order valence-electron chi connectivity index (χ1n) is 9.34. The lowest BCUT2D eigenvalue weighted by atomic mass is 9.93. The summed E-state index contributed by atoms with van der Waals surface area (Å²) in [5, 5.41) is 8.50. The normalized spacial score (nSPS) is 19.2. The summed E-state index contributed by atoms with van der Waals surface area (Å²) in [5.41, 5.74) is 6.99. The Labute approximate surface area is 150 Å². The van der Waals surface area contributed by atoms with Gasteiger partial charge in [0.25, 0.3) is 0 Å². The first-order chi connectivity index (χ1) is 11.9. The maximum absolute atomic E-state index is 6.47. The van der Waals surface area contributed by atoms with Crippen molar-refractivity contribution >= 4 is 0 Å². The van der Waals surface area contributed by atoms with E-state index in [1.54, 1.807) is 0 Å². The van der Waals surface area contributed by atoms with E-state index in [1.165, 1.54) is 18.4 Å². The maximum Gasteiger partial charge on any atom is 0.236 e. The highest BCUT2D eigenvalue weighted by atomic mass is 16.4. The summed E-state index contributed by atoms with van der Waals surface area (Å²) in [6.45, 7) is 8.80. The molecule has 1 aromatic carbocycles. The third kappa shape index (κ3) is 4.67. The highest BCUT2D eigenvalue weighted by molar-refractivity contribution is 5.19. The minimum Gasteiger partial charge on any atom is -0.423 e. The lowest BCUT2D eigenvalue weighted by Gasteiger charge is -2.34. The van der Waals surface area contributed by atoms with Gasteiger partial charge in [0.05, 0.1) is 5.54 Å². The average Bonchev–Trinajstić information content (AvgIpc) is 3.05. The van der Waals surface area contributed by atoms with Crippen LogP contribution in [0.15, 0.2) is 34.7 Å². The van der Waals surface area contributed by atoms with Crippen LogP contribution in [0.5, 0.6) is 0 Å². The van der Waals surface area contributed by atoms with Crippen molar-refractivity contribution in [3.05, 3.63) is 47.7 Å². The molecule has 0 radical (unpaired) electrons. The van der Waals surface area contributed by atoms with Gasteiger partial charge in [-0.05, 0) is 64.6 Å². The Kier molecular flexibility index (Phi) is 5.54. The number of piperidine rings is 1. The predicted molar refractivity (Wildman–Crippen MR) is 99.1 cm³/mol. The van der Waals surface area contributed by atoms with Gasteiger partial charge < -0.3 is 15.1 Å². The van der Waals surface area contributed by atoms with Crippen molar-refractivity contribution in [1.82, 2.24) is 15.1 Å². The van der Waals surface area contributed by atoms with Gasteiger partial charge in [-0.25, -0.2) is 0 Å². The molecule has 3 rings (SSSR count). The molecule has 0 aliphatic carbocycles. The van der Waals surface area contributed by atoms with Crippen molar-refractivity contribution in [2.45, 2.75) is 58.0 Å². The molecule has 2 N–H and O–H groups in total. The molecule has 136 valence electrons. The van der Waals surface area contributed by atoms with Crippen LogP contribution in [0, 0.1) is 5.92 Å². The Morgan fingerprint density at radius 2 is 1.88 bits per heavy atom. The molecule has 1 atom stereocenters. The van der Waals surface area contributed by atoms with Gasteiger partial charge in [0.15, 0.2) is 0 Å². The predicted octanol–water partition coefficient (Wildman–Crippen LogP) is 3.15. The van der Waals surface area contributed by atoms with Gasteiger partial charge in [0.2, 0.25) is 11.8 Å². The van der Waals surface area contributed by atoms with E-state index >= 15 is 0 Å². The zero-order valence-corrected chi connectivity index (χ0v) is 15.6. The Morgan fingerprint density at radius 3 is 2.52 bits per heavy atom. The van der Waals surface area contributed by atoms with Crippen molar-refractivity contribution < 1.29 is 4.42 Å². The second-order valence-corrected chi connectivity index (χ2v) is 7.86. The molecule has 2 aromatic rings. The van der Waals surface area contributed by atoms with Gasteiger partial charge in [-0.1, -0.05) is 30.3 Å². The molecule has 0 spiro atoms. The molecule has 1 aliphatic rings. The summed E-state index contributed by atoms with van der Waals surface area (Å²) in [4.78, 5) is 2.53. The van der Waals surface area contributed by atoms with Crippen LogP contribution in [0.1, 0.15) is 51.0 Å². The van der Waals surface area contributed by atoms with E-state index in [2.05, 4.69) is 41.1 Å². The highest BCUT2D eigenvalue weighted by Gasteiger charge is 2.29. The smallest absolute Gasteiger partial charge is 0.236 e. The largest absolute Gasteiger partial charge is 0.423 e. The summed E-state index contributed by atoms with van der Waals surface area (Å²) < 4.78 is 5.94. The summed E-state index contributed by atoms with van der Waals surface area (Å²) in [7, 11) is 0. The molecule has 1 aliphatic heterocycles. The minimum absolute atomic E-state index is 0.533. The van der Waals surface area contributed by atoms with E-state index < -0.39 is 5.54 Å². The molecule has 5 nitrogen and oxygen atoms in total. The molecule has 0 amide bonds. The number of rotatable bonds is 6. The lowest BCUT2D eigenvalue weighted by molar-refractivity contribution is 0.145. The monoisotopic (exact) mass is 342 g/mol. The van der Waals surface area contributed by atoms with Crippen molar-refractivity contribution in [3.63, 3.8) is 0 Å². The second-order valence-electron chi connectivity index (χ2n) is 7.86. The third-order valence-electron chi connectivity index (χ3n) is 5.21. The van der Waals surface area contributed by atoms with E-state index in [1.807, 2.05) is 25.1 Å². The van der Waals surface area contributed by atoms with Gasteiger partial charge in [0, 0.05) is 12.5 Å². The zero-order valence-electron chi connectivity index (χ0n) is 15.6. The summed E-state index contributed by atoms with van der Waals surface area (Å²) in [5.74, 6) is 1.88. The van der Waals surface area contributed by atoms with Crippen molar-refractivity contribution in [2.75, 3.05) is 13.1 Å². The van der Waals surface area contributed by atoms with Gasteiger partial charge in [0.1, 0.15) is 0 Å². The maximum atomic E-state index is 6.47. The lowest BCUT2D eigenvalue weighted by Crippen LogP contribution is -2.38. The molecule has 5 heteroatoms. The summed E-state index contributed by atoms with van der Waals surface area (Å²) in [6.07, 6.45) is 3.93.